The minimum absolute atomic E-state index is 0.124. The molecule has 1 aliphatic heterocycles. The van der Waals surface area contributed by atoms with Crippen LogP contribution < -0.4 is 9.47 Å². The number of methoxy groups -OCH3 is 1. The third kappa shape index (κ3) is 3.61. The van der Waals surface area contributed by atoms with Gasteiger partial charge in [-0.3, -0.25) is 4.90 Å². The average molecular weight is 301 g/mol. The van der Waals surface area contributed by atoms with Gasteiger partial charge in [-0.1, -0.05) is 0 Å². The van der Waals surface area contributed by atoms with Crippen LogP contribution in [-0.2, 0) is 6.18 Å². The smallest absolute Gasteiger partial charge is 0.420 e. The molecule has 6 heteroatoms. The van der Waals surface area contributed by atoms with Gasteiger partial charge in [0.25, 0.3) is 0 Å². The first kappa shape index (κ1) is 14.5. The Morgan fingerprint density at radius 1 is 1.29 bits per heavy atom. The van der Waals surface area contributed by atoms with Crippen LogP contribution in [0.15, 0.2) is 18.2 Å². The van der Waals surface area contributed by atoms with Gasteiger partial charge in [-0.15, -0.1) is 0 Å². The molecule has 0 N–H and O–H groups in total. The number of hydrogen-bond acceptors (Lipinski definition) is 3. The summed E-state index contributed by atoms with van der Waals surface area (Å²) in [5.74, 6) is 0.847. The lowest BCUT2D eigenvalue weighted by molar-refractivity contribution is -0.139. The molecule has 0 spiro atoms. The van der Waals surface area contributed by atoms with Gasteiger partial charge in [-0.25, -0.2) is 0 Å². The summed E-state index contributed by atoms with van der Waals surface area (Å²) < 4.78 is 49.3. The van der Waals surface area contributed by atoms with Crippen LogP contribution in [0, 0.1) is 5.92 Å². The molecule has 2 unspecified atom stereocenters. The standard InChI is InChI=1S/C15H18F3NO2/c1-20-12-4-5-14(13(6-12)15(16,17)18)21-9-11-8-19(11)7-10-2-3-10/h4-6,10-11H,2-3,7-9H2,1H3. The van der Waals surface area contributed by atoms with Crippen LogP contribution in [0.4, 0.5) is 13.2 Å². The van der Waals surface area contributed by atoms with Crippen molar-refractivity contribution in [2.75, 3.05) is 26.8 Å². The predicted octanol–water partition coefficient (Wildman–Crippen LogP) is 3.19. The monoisotopic (exact) mass is 301 g/mol. The maximum atomic E-state index is 13.0. The second kappa shape index (κ2) is 5.40. The second-order valence-corrected chi connectivity index (χ2v) is 5.72. The Morgan fingerprint density at radius 2 is 2.05 bits per heavy atom. The van der Waals surface area contributed by atoms with Crippen molar-refractivity contribution in [1.82, 2.24) is 4.90 Å². The fourth-order valence-electron chi connectivity index (χ4n) is 2.41. The third-order valence-corrected chi connectivity index (χ3v) is 3.94. The van der Waals surface area contributed by atoms with Crippen molar-refractivity contribution < 1.29 is 22.6 Å². The number of rotatable bonds is 6. The maximum absolute atomic E-state index is 13.0. The van der Waals surface area contributed by atoms with Crippen LogP contribution in [0.3, 0.4) is 0 Å². The molecule has 3 nitrogen and oxygen atoms in total. The lowest BCUT2D eigenvalue weighted by Crippen LogP contribution is -2.15. The Bertz CT molecular complexity index is 514. The van der Waals surface area contributed by atoms with Gasteiger partial charge in [0.05, 0.1) is 13.2 Å². The summed E-state index contributed by atoms with van der Waals surface area (Å²) in [6.07, 6.45) is -1.89. The van der Waals surface area contributed by atoms with Gasteiger partial charge in [0, 0.05) is 13.1 Å². The third-order valence-electron chi connectivity index (χ3n) is 3.94. The molecule has 2 aliphatic rings. The first-order chi connectivity index (χ1) is 9.97. The molecule has 0 aromatic heterocycles. The maximum Gasteiger partial charge on any atom is 0.420 e. The van der Waals surface area contributed by atoms with E-state index in [9.17, 15) is 13.2 Å². The number of ether oxygens (including phenoxy) is 2. The molecule has 0 amide bonds. The summed E-state index contributed by atoms with van der Waals surface area (Å²) >= 11 is 0. The average Bonchev–Trinajstić information content (AvgIpc) is 3.34. The first-order valence-electron chi connectivity index (χ1n) is 7.09. The van der Waals surface area contributed by atoms with E-state index in [0.29, 0.717) is 6.61 Å². The van der Waals surface area contributed by atoms with Crippen molar-refractivity contribution in [3.05, 3.63) is 23.8 Å². The highest BCUT2D eigenvalue weighted by molar-refractivity contribution is 5.42. The summed E-state index contributed by atoms with van der Waals surface area (Å²) in [5, 5.41) is 0. The van der Waals surface area contributed by atoms with Crippen molar-refractivity contribution in [2.45, 2.75) is 25.1 Å². The lowest BCUT2D eigenvalue weighted by atomic mass is 10.2. The molecule has 0 radical (unpaired) electrons. The molecule has 3 rings (SSSR count). The number of alkyl halides is 3. The van der Waals surface area contributed by atoms with E-state index < -0.39 is 11.7 Å². The summed E-state index contributed by atoms with van der Waals surface area (Å²) in [4.78, 5) is 2.26. The number of halogens is 3. The Hall–Kier alpha value is -1.43. The molecular weight excluding hydrogens is 283 g/mol. The number of hydrogen-bond donors (Lipinski definition) is 0. The van der Waals surface area contributed by atoms with E-state index in [2.05, 4.69) is 4.90 Å². The van der Waals surface area contributed by atoms with Crippen LogP contribution in [0.1, 0.15) is 18.4 Å². The van der Waals surface area contributed by atoms with E-state index in [4.69, 9.17) is 9.47 Å². The minimum Gasteiger partial charge on any atom is -0.497 e. The molecule has 1 aromatic carbocycles. The summed E-state index contributed by atoms with van der Waals surface area (Å²) in [6, 6.07) is 4.05. The van der Waals surface area contributed by atoms with Crippen LogP contribution in [0.5, 0.6) is 11.5 Å². The predicted molar refractivity (Wildman–Crippen MR) is 71.6 cm³/mol. The molecule has 1 aliphatic carbocycles. The van der Waals surface area contributed by atoms with Crippen molar-refractivity contribution in [2.24, 2.45) is 5.92 Å². The quantitative estimate of drug-likeness (QED) is 0.753. The molecular formula is C15H18F3NO2. The topological polar surface area (TPSA) is 21.5 Å². The summed E-state index contributed by atoms with van der Waals surface area (Å²) in [7, 11) is 1.34. The highest BCUT2D eigenvalue weighted by atomic mass is 19.4. The molecule has 2 fully saturated rings. The molecule has 1 saturated carbocycles. The van der Waals surface area contributed by atoms with Gasteiger partial charge in [0.2, 0.25) is 0 Å². The number of nitrogens with zero attached hydrogens (tertiary/aromatic N) is 1. The SMILES string of the molecule is COc1ccc(OCC2CN2CC2CC2)c(C(F)(F)F)c1. The van der Waals surface area contributed by atoms with E-state index in [1.54, 1.807) is 0 Å². The second-order valence-electron chi connectivity index (χ2n) is 5.72. The van der Waals surface area contributed by atoms with Gasteiger partial charge < -0.3 is 9.47 Å². The zero-order valence-corrected chi connectivity index (χ0v) is 11.8. The lowest BCUT2D eigenvalue weighted by Gasteiger charge is -2.15. The van der Waals surface area contributed by atoms with Crippen LogP contribution in [0.25, 0.3) is 0 Å². The van der Waals surface area contributed by atoms with Crippen LogP contribution in [0.2, 0.25) is 0 Å². The molecule has 116 valence electrons. The van der Waals surface area contributed by atoms with Gasteiger partial charge in [0.15, 0.2) is 0 Å². The van der Waals surface area contributed by atoms with E-state index in [0.717, 1.165) is 25.1 Å². The molecule has 0 bridgehead atoms. The van der Waals surface area contributed by atoms with E-state index in [-0.39, 0.29) is 17.5 Å². The molecule has 2 atom stereocenters. The van der Waals surface area contributed by atoms with Crippen molar-refractivity contribution >= 4 is 0 Å². The van der Waals surface area contributed by atoms with Crippen molar-refractivity contribution in [1.29, 1.82) is 0 Å². The van der Waals surface area contributed by atoms with Gasteiger partial charge in [-0.2, -0.15) is 13.2 Å². The zero-order valence-electron chi connectivity index (χ0n) is 11.8. The highest BCUT2D eigenvalue weighted by Crippen LogP contribution is 2.39. The minimum atomic E-state index is -4.44. The fourth-order valence-corrected chi connectivity index (χ4v) is 2.41. The largest absolute Gasteiger partial charge is 0.497 e. The Morgan fingerprint density at radius 3 is 2.67 bits per heavy atom. The van der Waals surface area contributed by atoms with Crippen molar-refractivity contribution in [3.63, 3.8) is 0 Å². The van der Waals surface area contributed by atoms with E-state index in [1.165, 1.54) is 32.1 Å². The van der Waals surface area contributed by atoms with E-state index >= 15 is 0 Å². The van der Waals surface area contributed by atoms with Gasteiger partial charge in [-0.05, 0) is 37.0 Å². The van der Waals surface area contributed by atoms with Gasteiger partial charge in [0.1, 0.15) is 23.7 Å². The van der Waals surface area contributed by atoms with Crippen LogP contribution in [-0.4, -0.2) is 37.7 Å². The molecule has 1 aromatic rings. The molecule has 1 heterocycles. The van der Waals surface area contributed by atoms with E-state index in [1.807, 2.05) is 0 Å². The van der Waals surface area contributed by atoms with Crippen molar-refractivity contribution in [3.8, 4) is 11.5 Å². The van der Waals surface area contributed by atoms with Crippen LogP contribution >= 0.6 is 0 Å². The molecule has 1 saturated heterocycles. The summed E-state index contributed by atoms with van der Waals surface area (Å²) in [6.45, 7) is 2.29. The zero-order chi connectivity index (χ0) is 15.0. The Balaban J connectivity index is 1.61. The molecule has 21 heavy (non-hydrogen) atoms. The highest BCUT2D eigenvalue weighted by Gasteiger charge is 2.39. The fraction of sp³-hybridized carbons (Fsp3) is 0.600. The Kier molecular flexibility index (Phi) is 3.73. The van der Waals surface area contributed by atoms with Gasteiger partial charge >= 0.3 is 6.18 Å². The Labute approximate surface area is 121 Å². The first-order valence-corrected chi connectivity index (χ1v) is 7.09. The normalized spacial score (nSPS) is 24.8. The number of benzene rings is 1. The summed E-state index contributed by atoms with van der Waals surface area (Å²) in [5.41, 5.74) is -0.781.